The van der Waals surface area contributed by atoms with E-state index in [2.05, 4.69) is 77.7 Å². The highest BCUT2D eigenvalue weighted by molar-refractivity contribution is 5.85. The van der Waals surface area contributed by atoms with Gasteiger partial charge in [0.25, 0.3) is 0 Å². The van der Waals surface area contributed by atoms with Gasteiger partial charge in [-0.1, -0.05) is 51.1 Å². The number of hydrogen-bond acceptors (Lipinski definition) is 4. The number of benzene rings is 1. The molecule has 0 fully saturated rings. The molecule has 0 bridgehead atoms. The van der Waals surface area contributed by atoms with Crippen molar-refractivity contribution in [2.24, 2.45) is 0 Å². The Bertz CT molecular complexity index is 1190. The number of aryl methyl sites for hydroxylation is 1. The van der Waals surface area contributed by atoms with Crippen molar-refractivity contribution >= 4 is 23.7 Å². The fraction of sp³-hybridized carbons (Fsp3) is 0.292. The molecule has 0 unspecified atom stereocenters. The Hall–Kier alpha value is -3.12. The molecule has 0 saturated carbocycles. The summed E-state index contributed by atoms with van der Waals surface area (Å²) in [6, 6.07) is 14.6. The number of aromatic nitrogens is 4. The molecule has 4 aromatic rings. The smallest absolute Gasteiger partial charge is 0.347 e. The first-order valence-corrected chi connectivity index (χ1v) is 10.3. The summed E-state index contributed by atoms with van der Waals surface area (Å²) in [7, 11) is 0. The van der Waals surface area contributed by atoms with E-state index in [9.17, 15) is 4.79 Å². The molecule has 162 valence electrons. The van der Waals surface area contributed by atoms with Crippen molar-refractivity contribution < 1.29 is 0 Å². The standard InChI is InChI=1S/C24H27N5O.ClH/c1-24(2,3)20-10-8-18(9-11-20)19-14-21(22-27-28-23(30)29(22)16-19)26-13-5-7-17-6-4-12-25-15-17;/h4,6,8-12,14-16,26H,5,7,13H2,1-3H3,(H,28,30);1H. The second-order valence-electron chi connectivity index (χ2n) is 8.58. The van der Waals surface area contributed by atoms with E-state index in [0.29, 0.717) is 5.65 Å². The molecule has 6 nitrogen and oxygen atoms in total. The minimum atomic E-state index is -0.239. The Morgan fingerprint density at radius 1 is 1.10 bits per heavy atom. The maximum Gasteiger partial charge on any atom is 0.347 e. The average molecular weight is 438 g/mol. The molecular formula is C24H28ClN5O. The third-order valence-electron chi connectivity index (χ3n) is 5.28. The van der Waals surface area contributed by atoms with Gasteiger partial charge in [-0.3, -0.25) is 4.98 Å². The fourth-order valence-corrected chi connectivity index (χ4v) is 3.52. The third-order valence-corrected chi connectivity index (χ3v) is 5.28. The first-order valence-electron chi connectivity index (χ1n) is 10.3. The number of anilines is 1. The van der Waals surface area contributed by atoms with Crippen LogP contribution >= 0.6 is 12.4 Å². The largest absolute Gasteiger partial charge is 0.382 e. The average Bonchev–Trinajstić information content (AvgIpc) is 3.12. The van der Waals surface area contributed by atoms with Gasteiger partial charge < -0.3 is 5.32 Å². The van der Waals surface area contributed by atoms with Gasteiger partial charge in [-0.25, -0.2) is 14.3 Å². The van der Waals surface area contributed by atoms with Crippen molar-refractivity contribution in [1.29, 1.82) is 0 Å². The van der Waals surface area contributed by atoms with E-state index < -0.39 is 0 Å². The van der Waals surface area contributed by atoms with E-state index in [0.717, 1.165) is 36.2 Å². The summed E-state index contributed by atoms with van der Waals surface area (Å²) in [6.07, 6.45) is 7.42. The van der Waals surface area contributed by atoms with Crippen LogP contribution in [0.3, 0.4) is 0 Å². The lowest BCUT2D eigenvalue weighted by Crippen LogP contribution is -2.11. The number of rotatable bonds is 6. The highest BCUT2D eigenvalue weighted by Gasteiger charge is 2.14. The summed E-state index contributed by atoms with van der Waals surface area (Å²) in [4.78, 5) is 16.4. The van der Waals surface area contributed by atoms with Crippen LogP contribution in [-0.4, -0.2) is 26.1 Å². The minimum absolute atomic E-state index is 0. The summed E-state index contributed by atoms with van der Waals surface area (Å²) in [5.41, 5.74) is 5.85. The Morgan fingerprint density at radius 2 is 1.87 bits per heavy atom. The normalized spacial score (nSPS) is 11.3. The predicted octanol–water partition coefficient (Wildman–Crippen LogP) is 4.85. The molecule has 0 aliphatic carbocycles. The minimum Gasteiger partial charge on any atom is -0.382 e. The monoisotopic (exact) mass is 437 g/mol. The van der Waals surface area contributed by atoms with Crippen molar-refractivity contribution in [3.63, 3.8) is 0 Å². The van der Waals surface area contributed by atoms with Crippen LogP contribution in [0.2, 0.25) is 0 Å². The summed E-state index contributed by atoms with van der Waals surface area (Å²) in [5.74, 6) is 0. The maximum atomic E-state index is 12.2. The molecule has 0 amide bonds. The zero-order valence-corrected chi connectivity index (χ0v) is 18.9. The number of aromatic amines is 1. The van der Waals surface area contributed by atoms with E-state index in [1.165, 1.54) is 11.1 Å². The number of nitrogens with zero attached hydrogens (tertiary/aromatic N) is 3. The molecule has 0 saturated heterocycles. The molecule has 0 atom stereocenters. The lowest BCUT2D eigenvalue weighted by Gasteiger charge is -2.19. The van der Waals surface area contributed by atoms with Gasteiger partial charge in [-0.05, 0) is 47.1 Å². The molecule has 2 N–H and O–H groups in total. The summed E-state index contributed by atoms with van der Waals surface area (Å²) < 4.78 is 1.57. The molecule has 1 aromatic carbocycles. The van der Waals surface area contributed by atoms with Gasteiger partial charge >= 0.3 is 5.69 Å². The Balaban J connectivity index is 0.00000272. The van der Waals surface area contributed by atoms with Gasteiger partial charge in [0.05, 0.1) is 5.69 Å². The number of hydrogen-bond donors (Lipinski definition) is 2. The van der Waals surface area contributed by atoms with Crippen LogP contribution in [0.25, 0.3) is 16.8 Å². The summed E-state index contributed by atoms with van der Waals surface area (Å²) in [6.45, 7) is 7.38. The van der Waals surface area contributed by atoms with E-state index in [4.69, 9.17) is 0 Å². The van der Waals surface area contributed by atoms with Gasteiger partial charge in [0.1, 0.15) is 0 Å². The zero-order valence-electron chi connectivity index (χ0n) is 18.1. The van der Waals surface area contributed by atoms with Crippen molar-refractivity contribution in [2.45, 2.75) is 39.0 Å². The van der Waals surface area contributed by atoms with Crippen molar-refractivity contribution in [1.82, 2.24) is 19.6 Å². The number of halogens is 1. The van der Waals surface area contributed by atoms with Crippen molar-refractivity contribution in [2.75, 3.05) is 11.9 Å². The molecular weight excluding hydrogens is 410 g/mol. The van der Waals surface area contributed by atoms with Gasteiger partial charge in [0.2, 0.25) is 0 Å². The first-order chi connectivity index (χ1) is 14.4. The molecule has 0 aliphatic heterocycles. The summed E-state index contributed by atoms with van der Waals surface area (Å²) >= 11 is 0. The lowest BCUT2D eigenvalue weighted by atomic mass is 9.86. The van der Waals surface area contributed by atoms with E-state index in [1.54, 1.807) is 10.6 Å². The topological polar surface area (TPSA) is 75.1 Å². The highest BCUT2D eigenvalue weighted by atomic mass is 35.5. The van der Waals surface area contributed by atoms with Crippen LogP contribution in [0.15, 0.2) is 65.8 Å². The molecule has 7 heteroatoms. The van der Waals surface area contributed by atoms with E-state index in [-0.39, 0.29) is 23.5 Å². The van der Waals surface area contributed by atoms with Crippen molar-refractivity contribution in [3.8, 4) is 11.1 Å². The second-order valence-corrected chi connectivity index (χ2v) is 8.58. The van der Waals surface area contributed by atoms with Crippen molar-refractivity contribution in [3.05, 3.63) is 82.7 Å². The van der Waals surface area contributed by atoms with Crippen LogP contribution in [0.5, 0.6) is 0 Å². The summed E-state index contributed by atoms with van der Waals surface area (Å²) in [5, 5.41) is 10.2. The van der Waals surface area contributed by atoms with Crippen LogP contribution in [-0.2, 0) is 11.8 Å². The fourth-order valence-electron chi connectivity index (χ4n) is 3.52. The molecule has 3 heterocycles. The van der Waals surface area contributed by atoms with Crippen LogP contribution in [0.1, 0.15) is 38.3 Å². The SMILES string of the molecule is CC(C)(C)c1ccc(-c2cc(NCCCc3cccnc3)c3n[nH]c(=O)n3c2)cc1.Cl. The molecule has 0 spiro atoms. The number of nitrogens with one attached hydrogen (secondary N) is 2. The lowest BCUT2D eigenvalue weighted by molar-refractivity contribution is 0.590. The Kier molecular flexibility index (Phi) is 6.81. The molecule has 0 radical (unpaired) electrons. The highest BCUT2D eigenvalue weighted by Crippen LogP contribution is 2.28. The molecule has 0 aliphatic rings. The van der Waals surface area contributed by atoms with Crippen LogP contribution in [0.4, 0.5) is 5.69 Å². The molecule has 3 aromatic heterocycles. The van der Waals surface area contributed by atoms with Gasteiger partial charge in [0.15, 0.2) is 5.65 Å². The molecule has 4 rings (SSSR count). The third kappa shape index (κ3) is 5.14. The van der Waals surface area contributed by atoms with Crippen LogP contribution < -0.4 is 11.0 Å². The van der Waals surface area contributed by atoms with Gasteiger partial charge in [-0.15, -0.1) is 12.4 Å². The van der Waals surface area contributed by atoms with Gasteiger partial charge in [0, 0.05) is 30.7 Å². The Labute approximate surface area is 188 Å². The predicted molar refractivity (Wildman–Crippen MR) is 128 cm³/mol. The second kappa shape index (κ2) is 9.35. The first kappa shape index (κ1) is 22.6. The molecule has 31 heavy (non-hydrogen) atoms. The quantitative estimate of drug-likeness (QED) is 0.423. The van der Waals surface area contributed by atoms with Crippen LogP contribution in [0, 0.1) is 0 Å². The van der Waals surface area contributed by atoms with E-state index >= 15 is 0 Å². The Morgan fingerprint density at radius 3 is 2.55 bits per heavy atom. The van der Waals surface area contributed by atoms with Gasteiger partial charge in [-0.2, -0.15) is 5.10 Å². The zero-order chi connectivity index (χ0) is 21.1. The number of pyridine rings is 2. The number of H-pyrrole nitrogens is 1. The number of fused-ring (bicyclic) bond motifs is 1. The van der Waals surface area contributed by atoms with E-state index in [1.807, 2.05) is 18.5 Å². The maximum absolute atomic E-state index is 12.2.